The van der Waals surface area contributed by atoms with E-state index in [9.17, 15) is 4.79 Å². The molecule has 2 aromatic rings. The average molecular weight is 318 g/mol. The zero-order chi connectivity index (χ0) is 15.9. The van der Waals surface area contributed by atoms with E-state index in [1.807, 2.05) is 38.1 Å². The summed E-state index contributed by atoms with van der Waals surface area (Å²) in [7, 11) is 0. The Morgan fingerprint density at radius 3 is 2.77 bits per heavy atom. The Kier molecular flexibility index (Phi) is 5.48. The number of nitrogens with zero attached hydrogens (tertiary/aromatic N) is 2. The molecule has 1 aromatic heterocycles. The second-order valence-electron chi connectivity index (χ2n) is 4.88. The van der Waals surface area contributed by atoms with Gasteiger partial charge in [0.05, 0.1) is 24.4 Å². The van der Waals surface area contributed by atoms with E-state index in [4.69, 9.17) is 10.5 Å². The molecule has 0 aliphatic carbocycles. The first kappa shape index (κ1) is 16.0. The van der Waals surface area contributed by atoms with Gasteiger partial charge in [-0.3, -0.25) is 4.79 Å². The summed E-state index contributed by atoms with van der Waals surface area (Å²) >= 11 is 1.31. The van der Waals surface area contributed by atoms with E-state index in [1.165, 1.54) is 11.3 Å². The van der Waals surface area contributed by atoms with Gasteiger partial charge in [0.2, 0.25) is 5.91 Å². The molecule has 0 radical (unpaired) electrons. The lowest BCUT2D eigenvalue weighted by atomic mass is 10.2. The zero-order valence-corrected chi connectivity index (χ0v) is 13.3. The molecule has 1 amide bonds. The number of ether oxygens (including phenoxy) is 1. The van der Waals surface area contributed by atoms with Crippen LogP contribution in [-0.4, -0.2) is 23.2 Å². The third kappa shape index (κ3) is 5.17. The van der Waals surface area contributed by atoms with Crippen LogP contribution in [0, 0.1) is 0 Å². The smallest absolute Gasteiger partial charge is 0.246 e. The number of thiazole rings is 1. The zero-order valence-electron chi connectivity index (χ0n) is 12.4. The Morgan fingerprint density at radius 2 is 2.18 bits per heavy atom. The van der Waals surface area contributed by atoms with Crippen LogP contribution in [0.15, 0.2) is 34.7 Å². The summed E-state index contributed by atoms with van der Waals surface area (Å²) in [6, 6.07) is 7.46. The van der Waals surface area contributed by atoms with Crippen LogP contribution in [0.25, 0.3) is 0 Å². The van der Waals surface area contributed by atoms with Gasteiger partial charge in [-0.05, 0) is 43.7 Å². The molecule has 7 heteroatoms. The number of hydrogen-bond acceptors (Lipinski definition) is 6. The van der Waals surface area contributed by atoms with Gasteiger partial charge in [-0.1, -0.05) is 0 Å². The standard InChI is InChI=1S/C15H18N4O2S/c1-10(2)21-13-5-3-11(4-6-13)8-17-19-14(20)7-12-9-22-15(16)18-12/h3-6,8-10H,7H2,1-2H3,(H2,16,18)(H,19,20)/b17-8+. The summed E-state index contributed by atoms with van der Waals surface area (Å²) in [4.78, 5) is 15.7. The minimum Gasteiger partial charge on any atom is -0.491 e. The Bertz CT molecular complexity index is 650. The second kappa shape index (κ2) is 7.56. The van der Waals surface area contributed by atoms with Gasteiger partial charge in [0, 0.05) is 5.38 Å². The number of aromatic nitrogens is 1. The predicted octanol–water partition coefficient (Wildman–Crippen LogP) is 2.21. The maximum Gasteiger partial charge on any atom is 0.246 e. The average Bonchev–Trinajstić information content (AvgIpc) is 2.85. The van der Waals surface area contributed by atoms with Crippen LogP contribution < -0.4 is 15.9 Å². The number of carbonyl (C=O) groups excluding carboxylic acids is 1. The number of rotatable bonds is 6. The van der Waals surface area contributed by atoms with E-state index < -0.39 is 0 Å². The second-order valence-corrected chi connectivity index (χ2v) is 5.77. The van der Waals surface area contributed by atoms with Gasteiger partial charge in [-0.15, -0.1) is 11.3 Å². The van der Waals surface area contributed by atoms with Crippen molar-refractivity contribution < 1.29 is 9.53 Å². The molecule has 0 aliphatic heterocycles. The number of nitrogen functional groups attached to an aromatic ring is 1. The highest BCUT2D eigenvalue weighted by Crippen LogP contribution is 2.13. The first-order valence-electron chi connectivity index (χ1n) is 6.81. The van der Waals surface area contributed by atoms with Crippen LogP contribution in [0.2, 0.25) is 0 Å². The lowest BCUT2D eigenvalue weighted by Crippen LogP contribution is -2.19. The van der Waals surface area contributed by atoms with E-state index in [-0.39, 0.29) is 18.4 Å². The number of anilines is 1. The van der Waals surface area contributed by atoms with Crippen LogP contribution in [0.1, 0.15) is 25.1 Å². The number of nitrogens with two attached hydrogens (primary N) is 1. The third-order valence-electron chi connectivity index (χ3n) is 2.57. The van der Waals surface area contributed by atoms with Crippen molar-refractivity contribution in [3.8, 4) is 5.75 Å². The minimum absolute atomic E-state index is 0.138. The lowest BCUT2D eigenvalue weighted by Gasteiger charge is -2.09. The van der Waals surface area contributed by atoms with Gasteiger partial charge in [0.15, 0.2) is 5.13 Å². The number of nitrogens with one attached hydrogen (secondary N) is 1. The van der Waals surface area contributed by atoms with Gasteiger partial charge in [-0.2, -0.15) is 5.10 Å². The van der Waals surface area contributed by atoms with Crippen LogP contribution in [-0.2, 0) is 11.2 Å². The van der Waals surface area contributed by atoms with Gasteiger partial charge in [0.25, 0.3) is 0 Å². The summed E-state index contributed by atoms with van der Waals surface area (Å²) in [5.41, 5.74) is 9.48. The van der Waals surface area contributed by atoms with Gasteiger partial charge in [-0.25, -0.2) is 10.4 Å². The van der Waals surface area contributed by atoms with Crippen molar-refractivity contribution >= 4 is 28.6 Å². The van der Waals surface area contributed by atoms with E-state index in [1.54, 1.807) is 11.6 Å². The largest absolute Gasteiger partial charge is 0.491 e. The molecule has 0 unspecified atom stereocenters. The molecule has 0 fully saturated rings. The summed E-state index contributed by atoms with van der Waals surface area (Å²) in [6.07, 6.45) is 1.87. The highest BCUT2D eigenvalue weighted by Gasteiger charge is 2.05. The normalized spacial score (nSPS) is 11.0. The number of carbonyl (C=O) groups is 1. The first-order chi connectivity index (χ1) is 10.5. The fraction of sp³-hybridized carbons (Fsp3) is 0.267. The number of hydrazone groups is 1. The van der Waals surface area contributed by atoms with E-state index >= 15 is 0 Å². The molecule has 0 aliphatic rings. The molecule has 1 heterocycles. The SMILES string of the molecule is CC(C)Oc1ccc(/C=N/NC(=O)Cc2csc(N)n2)cc1. The number of benzene rings is 1. The van der Waals surface area contributed by atoms with Gasteiger partial charge < -0.3 is 10.5 Å². The van der Waals surface area contributed by atoms with Crippen LogP contribution >= 0.6 is 11.3 Å². The summed E-state index contributed by atoms with van der Waals surface area (Å²) in [6.45, 7) is 3.95. The molecule has 0 bridgehead atoms. The van der Waals surface area contributed by atoms with Crippen molar-refractivity contribution in [3.05, 3.63) is 40.9 Å². The molecular weight excluding hydrogens is 300 g/mol. The molecule has 1 aromatic carbocycles. The fourth-order valence-electron chi connectivity index (χ4n) is 1.69. The van der Waals surface area contributed by atoms with Crippen molar-refractivity contribution in [1.29, 1.82) is 0 Å². The Labute approximate surface area is 133 Å². The van der Waals surface area contributed by atoms with E-state index in [0.717, 1.165) is 11.3 Å². The quantitative estimate of drug-likeness (QED) is 0.631. The van der Waals surface area contributed by atoms with Crippen molar-refractivity contribution in [1.82, 2.24) is 10.4 Å². The van der Waals surface area contributed by atoms with Crippen molar-refractivity contribution in [3.63, 3.8) is 0 Å². The summed E-state index contributed by atoms with van der Waals surface area (Å²) < 4.78 is 5.55. The molecule has 0 saturated carbocycles. The van der Waals surface area contributed by atoms with E-state index in [0.29, 0.717) is 10.8 Å². The monoisotopic (exact) mass is 318 g/mol. The summed E-state index contributed by atoms with van der Waals surface area (Å²) in [5.74, 6) is 0.568. The maximum absolute atomic E-state index is 11.7. The Morgan fingerprint density at radius 1 is 1.45 bits per heavy atom. The van der Waals surface area contributed by atoms with Crippen LogP contribution in [0.5, 0.6) is 5.75 Å². The van der Waals surface area contributed by atoms with Crippen molar-refractivity contribution in [2.24, 2.45) is 5.10 Å². The minimum atomic E-state index is -0.235. The maximum atomic E-state index is 11.7. The molecule has 6 nitrogen and oxygen atoms in total. The molecule has 116 valence electrons. The van der Waals surface area contributed by atoms with Crippen LogP contribution in [0.3, 0.4) is 0 Å². The molecular formula is C15H18N4O2S. The number of amides is 1. The lowest BCUT2D eigenvalue weighted by molar-refractivity contribution is -0.120. The van der Waals surface area contributed by atoms with Crippen LogP contribution in [0.4, 0.5) is 5.13 Å². The first-order valence-corrected chi connectivity index (χ1v) is 7.69. The van der Waals surface area contributed by atoms with Crippen molar-refractivity contribution in [2.75, 3.05) is 5.73 Å². The fourth-order valence-corrected chi connectivity index (χ4v) is 2.25. The third-order valence-corrected chi connectivity index (χ3v) is 3.29. The Balaban J connectivity index is 1.82. The molecule has 0 atom stereocenters. The highest BCUT2D eigenvalue weighted by atomic mass is 32.1. The van der Waals surface area contributed by atoms with Gasteiger partial charge in [0.1, 0.15) is 5.75 Å². The van der Waals surface area contributed by atoms with Crippen molar-refractivity contribution in [2.45, 2.75) is 26.4 Å². The molecule has 0 spiro atoms. The molecule has 22 heavy (non-hydrogen) atoms. The van der Waals surface area contributed by atoms with Gasteiger partial charge >= 0.3 is 0 Å². The molecule has 3 N–H and O–H groups in total. The highest BCUT2D eigenvalue weighted by molar-refractivity contribution is 7.13. The predicted molar refractivity (Wildman–Crippen MR) is 88.2 cm³/mol. The molecule has 2 rings (SSSR count). The Hall–Kier alpha value is -2.41. The topological polar surface area (TPSA) is 89.6 Å². The molecule has 0 saturated heterocycles. The van der Waals surface area contributed by atoms with E-state index in [2.05, 4.69) is 15.5 Å². The summed E-state index contributed by atoms with van der Waals surface area (Å²) in [5, 5.41) is 6.12. The number of hydrogen-bond donors (Lipinski definition) is 2.